The maximum atomic E-state index is 12.0. The normalized spacial score (nSPS) is 11.4. The Hall–Kier alpha value is -2.09. The first-order chi connectivity index (χ1) is 9.98. The summed E-state index contributed by atoms with van der Waals surface area (Å²) in [6, 6.07) is 15.4. The molecule has 5 heteroatoms. The van der Waals surface area contributed by atoms with Crippen molar-refractivity contribution in [3.63, 3.8) is 0 Å². The molecule has 0 heterocycles. The fourth-order valence-electron chi connectivity index (χ4n) is 1.71. The molecule has 3 nitrogen and oxygen atoms in total. The Morgan fingerprint density at radius 2 is 1.67 bits per heavy atom. The van der Waals surface area contributed by atoms with Crippen LogP contribution >= 0.6 is 11.6 Å². The molecular weight excluding hydrogens is 306 g/mol. The van der Waals surface area contributed by atoms with E-state index in [0.717, 1.165) is 5.56 Å². The summed E-state index contributed by atoms with van der Waals surface area (Å²) in [4.78, 5) is 0. The minimum absolute atomic E-state index is 0.0944. The first-order valence-electron chi connectivity index (χ1n) is 6.14. The maximum Gasteiger partial charge on any atom is 0.175 e. The van der Waals surface area contributed by atoms with Gasteiger partial charge in [-0.1, -0.05) is 35.9 Å². The van der Waals surface area contributed by atoms with Crippen LogP contribution in [0, 0.1) is 11.3 Å². The Morgan fingerprint density at radius 3 is 2.24 bits per heavy atom. The van der Waals surface area contributed by atoms with E-state index in [9.17, 15) is 8.42 Å². The minimum Gasteiger partial charge on any atom is -0.224 e. The zero-order chi connectivity index (χ0) is 15.3. The van der Waals surface area contributed by atoms with Gasteiger partial charge in [0.15, 0.2) is 9.84 Å². The number of benzene rings is 2. The molecule has 0 bridgehead atoms. The van der Waals surface area contributed by atoms with Gasteiger partial charge in [0.25, 0.3) is 0 Å². The Labute approximate surface area is 129 Å². The van der Waals surface area contributed by atoms with E-state index >= 15 is 0 Å². The molecule has 21 heavy (non-hydrogen) atoms. The first kappa shape index (κ1) is 15.3. The highest BCUT2D eigenvalue weighted by Gasteiger charge is 2.07. The van der Waals surface area contributed by atoms with Gasteiger partial charge in [0, 0.05) is 10.4 Å². The fraction of sp³-hybridized carbons (Fsp3) is 0.0625. The van der Waals surface area contributed by atoms with Crippen molar-refractivity contribution in [2.75, 3.05) is 0 Å². The summed E-state index contributed by atoms with van der Waals surface area (Å²) in [6.45, 7) is 0. The van der Waals surface area contributed by atoms with Crippen molar-refractivity contribution >= 4 is 27.5 Å². The van der Waals surface area contributed by atoms with Gasteiger partial charge in [-0.05, 0) is 41.5 Å². The van der Waals surface area contributed by atoms with Crippen molar-refractivity contribution in [1.29, 1.82) is 5.26 Å². The SMILES string of the molecule is N#Cc1ccc(CS(=O)(=O)C=Cc2ccc(Cl)cc2)cc1. The second-order valence-electron chi connectivity index (χ2n) is 4.47. The summed E-state index contributed by atoms with van der Waals surface area (Å²) >= 11 is 5.77. The maximum absolute atomic E-state index is 12.0. The third kappa shape index (κ3) is 4.75. The second-order valence-corrected chi connectivity index (χ2v) is 6.79. The number of hydrogen-bond acceptors (Lipinski definition) is 3. The van der Waals surface area contributed by atoms with Crippen LogP contribution in [-0.4, -0.2) is 8.42 Å². The van der Waals surface area contributed by atoms with Gasteiger partial charge in [0.05, 0.1) is 17.4 Å². The monoisotopic (exact) mass is 317 g/mol. The van der Waals surface area contributed by atoms with Crippen molar-refractivity contribution < 1.29 is 8.42 Å². The predicted octanol–water partition coefficient (Wildman–Crippen LogP) is 3.80. The number of sulfone groups is 1. The van der Waals surface area contributed by atoms with Crippen molar-refractivity contribution in [1.82, 2.24) is 0 Å². The van der Waals surface area contributed by atoms with Crippen molar-refractivity contribution in [2.24, 2.45) is 0 Å². The molecule has 0 saturated heterocycles. The van der Waals surface area contributed by atoms with Gasteiger partial charge in [0.2, 0.25) is 0 Å². The number of hydrogen-bond donors (Lipinski definition) is 0. The van der Waals surface area contributed by atoms with Crippen LogP contribution in [0.5, 0.6) is 0 Å². The van der Waals surface area contributed by atoms with Crippen LogP contribution in [0.3, 0.4) is 0 Å². The van der Waals surface area contributed by atoms with Crippen LogP contribution in [0.4, 0.5) is 0 Å². The van der Waals surface area contributed by atoms with Crippen molar-refractivity contribution in [3.8, 4) is 6.07 Å². The molecule has 0 aliphatic heterocycles. The average molecular weight is 318 g/mol. The van der Waals surface area contributed by atoms with Gasteiger partial charge in [0.1, 0.15) is 0 Å². The lowest BCUT2D eigenvalue weighted by atomic mass is 10.2. The van der Waals surface area contributed by atoms with E-state index in [1.165, 1.54) is 11.5 Å². The summed E-state index contributed by atoms with van der Waals surface area (Å²) in [5.41, 5.74) is 1.92. The lowest BCUT2D eigenvalue weighted by Crippen LogP contribution is -1.99. The van der Waals surface area contributed by atoms with Crippen LogP contribution in [-0.2, 0) is 15.6 Å². The number of halogens is 1. The van der Waals surface area contributed by atoms with E-state index in [2.05, 4.69) is 0 Å². The molecule has 0 radical (unpaired) electrons. The topological polar surface area (TPSA) is 57.9 Å². The molecule has 0 aliphatic carbocycles. The molecule has 0 saturated carbocycles. The van der Waals surface area contributed by atoms with Gasteiger partial charge in [-0.15, -0.1) is 0 Å². The lowest BCUT2D eigenvalue weighted by Gasteiger charge is -2.00. The lowest BCUT2D eigenvalue weighted by molar-refractivity contribution is 0.604. The van der Waals surface area contributed by atoms with Crippen LogP contribution in [0.25, 0.3) is 6.08 Å². The Kier molecular flexibility index (Phi) is 4.79. The number of rotatable bonds is 4. The second kappa shape index (κ2) is 6.57. The smallest absolute Gasteiger partial charge is 0.175 e. The van der Waals surface area contributed by atoms with Gasteiger partial charge in [-0.2, -0.15) is 5.26 Å². The van der Waals surface area contributed by atoms with Gasteiger partial charge in [-0.25, -0.2) is 8.42 Å². The standard InChI is InChI=1S/C16H12ClNO2S/c17-16-7-5-13(6-8-16)9-10-21(19,20)12-15-3-1-14(11-18)2-4-15/h1-10H,12H2. The largest absolute Gasteiger partial charge is 0.224 e. The third-order valence-electron chi connectivity index (χ3n) is 2.79. The summed E-state index contributed by atoms with van der Waals surface area (Å²) in [6.07, 6.45) is 1.54. The van der Waals surface area contributed by atoms with E-state index in [1.54, 1.807) is 48.5 Å². The third-order valence-corrected chi connectivity index (χ3v) is 4.33. The molecule has 0 N–H and O–H groups in total. The molecular formula is C16H12ClNO2S. The van der Waals surface area contributed by atoms with Gasteiger partial charge in [-0.3, -0.25) is 0 Å². The number of nitriles is 1. The number of nitrogens with zero attached hydrogens (tertiary/aromatic N) is 1. The summed E-state index contributed by atoms with van der Waals surface area (Å²) in [5, 5.41) is 10.5. The zero-order valence-corrected chi connectivity index (χ0v) is 12.6. The van der Waals surface area contributed by atoms with E-state index in [0.29, 0.717) is 16.1 Å². The van der Waals surface area contributed by atoms with E-state index < -0.39 is 9.84 Å². The molecule has 0 aromatic heterocycles. The molecule has 0 atom stereocenters. The minimum atomic E-state index is -3.36. The van der Waals surface area contributed by atoms with E-state index in [-0.39, 0.29) is 5.75 Å². The molecule has 106 valence electrons. The fourth-order valence-corrected chi connectivity index (χ4v) is 2.96. The predicted molar refractivity (Wildman–Crippen MR) is 84.3 cm³/mol. The summed E-state index contributed by atoms with van der Waals surface area (Å²) in [7, 11) is -3.36. The van der Waals surface area contributed by atoms with Crippen LogP contribution in [0.15, 0.2) is 53.9 Å². The Morgan fingerprint density at radius 1 is 1.05 bits per heavy atom. The molecule has 0 unspecified atom stereocenters. The molecule has 0 aliphatic rings. The van der Waals surface area contributed by atoms with E-state index in [4.69, 9.17) is 16.9 Å². The van der Waals surface area contributed by atoms with Crippen LogP contribution in [0.1, 0.15) is 16.7 Å². The quantitative estimate of drug-likeness (QED) is 0.861. The Balaban J connectivity index is 2.11. The highest BCUT2D eigenvalue weighted by atomic mass is 35.5. The van der Waals surface area contributed by atoms with Crippen LogP contribution in [0.2, 0.25) is 5.02 Å². The Bertz CT molecular complexity index is 786. The molecule has 0 fully saturated rings. The molecule has 0 spiro atoms. The summed E-state index contributed by atoms with van der Waals surface area (Å²) < 4.78 is 24.0. The van der Waals surface area contributed by atoms with Crippen LogP contribution < -0.4 is 0 Å². The highest BCUT2D eigenvalue weighted by molar-refractivity contribution is 7.93. The molecule has 0 amide bonds. The average Bonchev–Trinajstić information content (AvgIpc) is 2.47. The molecule has 2 rings (SSSR count). The van der Waals surface area contributed by atoms with Gasteiger partial charge >= 0.3 is 0 Å². The highest BCUT2D eigenvalue weighted by Crippen LogP contribution is 2.13. The molecule has 2 aromatic rings. The molecule has 2 aromatic carbocycles. The van der Waals surface area contributed by atoms with Crippen molar-refractivity contribution in [2.45, 2.75) is 5.75 Å². The first-order valence-corrected chi connectivity index (χ1v) is 8.23. The van der Waals surface area contributed by atoms with Crippen molar-refractivity contribution in [3.05, 3.63) is 75.7 Å². The van der Waals surface area contributed by atoms with E-state index in [1.807, 2.05) is 6.07 Å². The zero-order valence-electron chi connectivity index (χ0n) is 11.0. The van der Waals surface area contributed by atoms with Gasteiger partial charge < -0.3 is 0 Å². The summed E-state index contributed by atoms with van der Waals surface area (Å²) in [5.74, 6) is -0.0944.